The van der Waals surface area contributed by atoms with Gasteiger partial charge in [0.15, 0.2) is 0 Å². The highest BCUT2D eigenvalue weighted by atomic mass is 16.2. The number of amides is 1. The van der Waals surface area contributed by atoms with E-state index in [4.69, 9.17) is 0 Å². The molecule has 2 fully saturated rings. The molecule has 1 aliphatic heterocycles. The number of rotatable bonds is 3. The van der Waals surface area contributed by atoms with Crippen molar-refractivity contribution < 1.29 is 4.79 Å². The number of carbonyl (C=O) groups is 1. The summed E-state index contributed by atoms with van der Waals surface area (Å²) < 4.78 is 0. The topological polar surface area (TPSA) is 32.3 Å². The minimum absolute atomic E-state index is 0.171. The summed E-state index contributed by atoms with van der Waals surface area (Å²) in [5.74, 6) is 0.257. The van der Waals surface area contributed by atoms with Gasteiger partial charge in [0, 0.05) is 6.04 Å². The molecule has 1 aliphatic carbocycles. The molecule has 0 bridgehead atoms. The third-order valence-corrected chi connectivity index (χ3v) is 5.25. The van der Waals surface area contributed by atoms with Crippen LogP contribution in [-0.4, -0.2) is 23.0 Å². The van der Waals surface area contributed by atoms with Crippen molar-refractivity contribution in [2.75, 3.05) is 0 Å². The van der Waals surface area contributed by atoms with Crippen LogP contribution in [0.3, 0.4) is 0 Å². The molecule has 0 aromatic heterocycles. The van der Waals surface area contributed by atoms with Crippen LogP contribution in [0.2, 0.25) is 0 Å². The molecule has 1 N–H and O–H groups in total. The fourth-order valence-electron chi connectivity index (χ4n) is 4.04. The summed E-state index contributed by atoms with van der Waals surface area (Å²) in [6.07, 6.45) is 4.71. The van der Waals surface area contributed by atoms with Gasteiger partial charge in [-0.25, -0.2) is 0 Å². The number of nitrogens with zero attached hydrogens (tertiary/aromatic N) is 1. The molecule has 3 nitrogen and oxygen atoms in total. The Balaban J connectivity index is 1.89. The smallest absolute Gasteiger partial charge is 0.245 e. The summed E-state index contributed by atoms with van der Waals surface area (Å²) in [4.78, 5) is 15.2. The first-order chi connectivity index (χ1) is 10.0. The highest BCUT2D eigenvalue weighted by Gasteiger charge is 2.48. The van der Waals surface area contributed by atoms with Crippen molar-refractivity contribution in [1.29, 1.82) is 0 Å². The van der Waals surface area contributed by atoms with Gasteiger partial charge < -0.3 is 4.90 Å². The fraction of sp³-hybridized carbons (Fsp3) is 0.611. The first-order valence-electron chi connectivity index (χ1n) is 8.18. The minimum atomic E-state index is -0.174. The Morgan fingerprint density at radius 3 is 2.57 bits per heavy atom. The predicted molar refractivity (Wildman–Crippen MR) is 84.7 cm³/mol. The van der Waals surface area contributed by atoms with E-state index >= 15 is 0 Å². The molecular formula is C18H26N2O. The van der Waals surface area contributed by atoms with Crippen molar-refractivity contribution >= 4 is 5.91 Å². The SMILES string of the molecule is CCC1NC(c2ccccc2)C(=O)N1C1CCCC1(C)C. The lowest BCUT2D eigenvalue weighted by Gasteiger charge is -2.38. The van der Waals surface area contributed by atoms with E-state index in [-0.39, 0.29) is 23.5 Å². The molecule has 0 radical (unpaired) electrons. The van der Waals surface area contributed by atoms with Crippen molar-refractivity contribution in [3.63, 3.8) is 0 Å². The van der Waals surface area contributed by atoms with Crippen LogP contribution >= 0.6 is 0 Å². The van der Waals surface area contributed by atoms with Gasteiger partial charge in [-0.15, -0.1) is 0 Å². The van der Waals surface area contributed by atoms with Gasteiger partial charge in [-0.1, -0.05) is 57.5 Å². The fourth-order valence-corrected chi connectivity index (χ4v) is 4.04. The van der Waals surface area contributed by atoms with Gasteiger partial charge in [0.2, 0.25) is 5.91 Å². The third-order valence-electron chi connectivity index (χ3n) is 5.25. The molecular weight excluding hydrogens is 260 g/mol. The Hall–Kier alpha value is -1.35. The molecule has 1 heterocycles. The van der Waals surface area contributed by atoms with E-state index in [1.165, 1.54) is 12.8 Å². The van der Waals surface area contributed by atoms with E-state index in [1.54, 1.807) is 0 Å². The van der Waals surface area contributed by atoms with Gasteiger partial charge in [-0.05, 0) is 30.2 Å². The van der Waals surface area contributed by atoms with Gasteiger partial charge in [0.25, 0.3) is 0 Å². The van der Waals surface area contributed by atoms with E-state index in [1.807, 2.05) is 30.3 Å². The molecule has 0 spiro atoms. The second-order valence-corrected chi connectivity index (χ2v) is 7.08. The molecule has 1 saturated heterocycles. The average molecular weight is 286 g/mol. The molecule has 114 valence electrons. The van der Waals surface area contributed by atoms with E-state index < -0.39 is 0 Å². The van der Waals surface area contributed by atoms with Gasteiger partial charge in [-0.3, -0.25) is 10.1 Å². The van der Waals surface area contributed by atoms with Gasteiger partial charge in [0.05, 0.1) is 6.17 Å². The van der Waals surface area contributed by atoms with Crippen LogP contribution in [0.1, 0.15) is 58.1 Å². The lowest BCUT2D eigenvalue weighted by Crippen LogP contribution is -2.48. The Morgan fingerprint density at radius 2 is 2.00 bits per heavy atom. The zero-order valence-corrected chi connectivity index (χ0v) is 13.3. The predicted octanol–water partition coefficient (Wildman–Crippen LogP) is 3.47. The van der Waals surface area contributed by atoms with Crippen molar-refractivity contribution in [1.82, 2.24) is 10.2 Å². The average Bonchev–Trinajstić information content (AvgIpc) is 2.98. The summed E-state index contributed by atoms with van der Waals surface area (Å²) in [6, 6.07) is 10.3. The first kappa shape index (κ1) is 14.6. The summed E-state index contributed by atoms with van der Waals surface area (Å²) in [7, 11) is 0. The highest BCUT2D eigenvalue weighted by Crippen LogP contribution is 2.43. The maximum Gasteiger partial charge on any atom is 0.245 e. The van der Waals surface area contributed by atoms with Gasteiger partial charge in [-0.2, -0.15) is 0 Å². The molecule has 1 aromatic carbocycles. The number of hydrogen-bond donors (Lipinski definition) is 1. The lowest BCUT2D eigenvalue weighted by molar-refractivity contribution is -0.134. The lowest BCUT2D eigenvalue weighted by atomic mass is 9.86. The number of hydrogen-bond acceptors (Lipinski definition) is 2. The van der Waals surface area contributed by atoms with E-state index in [2.05, 4.69) is 31.0 Å². The summed E-state index contributed by atoms with van der Waals surface area (Å²) >= 11 is 0. The van der Waals surface area contributed by atoms with Crippen LogP contribution in [0.25, 0.3) is 0 Å². The highest BCUT2D eigenvalue weighted by molar-refractivity contribution is 5.86. The second-order valence-electron chi connectivity index (χ2n) is 7.08. The molecule has 1 aromatic rings. The van der Waals surface area contributed by atoms with Crippen LogP contribution in [0, 0.1) is 5.41 Å². The van der Waals surface area contributed by atoms with Crippen LogP contribution in [-0.2, 0) is 4.79 Å². The number of carbonyl (C=O) groups excluding carboxylic acids is 1. The zero-order valence-electron chi connectivity index (χ0n) is 13.3. The number of nitrogens with one attached hydrogen (secondary N) is 1. The van der Waals surface area contributed by atoms with Crippen molar-refractivity contribution in [2.24, 2.45) is 5.41 Å². The molecule has 3 heteroatoms. The Kier molecular flexibility index (Phi) is 3.78. The Morgan fingerprint density at radius 1 is 1.29 bits per heavy atom. The van der Waals surface area contributed by atoms with Gasteiger partial charge >= 0.3 is 0 Å². The Labute approximate surface area is 127 Å². The summed E-state index contributed by atoms with van der Waals surface area (Å²) in [5.41, 5.74) is 1.32. The maximum absolute atomic E-state index is 13.0. The van der Waals surface area contributed by atoms with E-state index in [9.17, 15) is 4.79 Å². The van der Waals surface area contributed by atoms with Gasteiger partial charge in [0.1, 0.15) is 6.04 Å². The van der Waals surface area contributed by atoms with Crippen molar-refractivity contribution in [3.8, 4) is 0 Å². The Bertz CT molecular complexity index is 511. The zero-order chi connectivity index (χ0) is 15.0. The molecule has 3 rings (SSSR count). The molecule has 2 aliphatic rings. The molecule has 1 amide bonds. The normalized spacial score (nSPS) is 31.9. The quantitative estimate of drug-likeness (QED) is 0.922. The van der Waals surface area contributed by atoms with Crippen molar-refractivity contribution in [2.45, 2.75) is 64.7 Å². The largest absolute Gasteiger partial charge is 0.322 e. The van der Waals surface area contributed by atoms with E-state index in [0.717, 1.165) is 18.4 Å². The second kappa shape index (κ2) is 5.45. The summed E-state index contributed by atoms with van der Waals surface area (Å²) in [6.45, 7) is 6.77. The van der Waals surface area contributed by atoms with E-state index in [0.29, 0.717) is 6.04 Å². The summed E-state index contributed by atoms with van der Waals surface area (Å²) in [5, 5.41) is 3.55. The number of benzene rings is 1. The molecule has 1 saturated carbocycles. The van der Waals surface area contributed by atoms with Crippen LogP contribution in [0.15, 0.2) is 30.3 Å². The first-order valence-corrected chi connectivity index (χ1v) is 8.18. The molecule has 3 unspecified atom stereocenters. The van der Waals surface area contributed by atoms with Crippen LogP contribution in [0.5, 0.6) is 0 Å². The van der Waals surface area contributed by atoms with Crippen LogP contribution < -0.4 is 5.32 Å². The monoisotopic (exact) mass is 286 g/mol. The molecule has 21 heavy (non-hydrogen) atoms. The maximum atomic E-state index is 13.0. The van der Waals surface area contributed by atoms with Crippen LogP contribution in [0.4, 0.5) is 0 Å². The molecule has 3 atom stereocenters. The minimum Gasteiger partial charge on any atom is -0.322 e. The third kappa shape index (κ3) is 2.48. The van der Waals surface area contributed by atoms with Crippen molar-refractivity contribution in [3.05, 3.63) is 35.9 Å². The standard InChI is InChI=1S/C18H26N2O/c1-4-15-19-16(13-9-6-5-7-10-13)17(21)20(15)14-11-8-12-18(14,2)3/h5-7,9-10,14-16,19H,4,8,11-12H2,1-3H3.